The third kappa shape index (κ3) is 4.79. The van der Waals surface area contributed by atoms with Crippen molar-refractivity contribution in [1.29, 1.82) is 0 Å². The van der Waals surface area contributed by atoms with Crippen LogP contribution in [0.25, 0.3) is 17.1 Å². The summed E-state index contributed by atoms with van der Waals surface area (Å²) in [6.07, 6.45) is 0. The average Bonchev–Trinajstić information content (AvgIpc) is 3.25. The minimum Gasteiger partial charge on any atom is -0.451 e. The minimum atomic E-state index is -0.786. The number of ketones is 1. The predicted molar refractivity (Wildman–Crippen MR) is 125 cm³/mol. The van der Waals surface area contributed by atoms with Gasteiger partial charge in [0.1, 0.15) is 0 Å². The molecule has 0 aliphatic rings. The van der Waals surface area contributed by atoms with Gasteiger partial charge in [0.05, 0.1) is 5.69 Å². The second-order valence-corrected chi connectivity index (χ2v) is 8.33. The van der Waals surface area contributed by atoms with Crippen LogP contribution >= 0.6 is 27.5 Å². The molecule has 0 fully saturated rings. The maximum absolute atomic E-state index is 12.7. The number of ether oxygens (including phenoxy) is 1. The first-order valence-corrected chi connectivity index (χ1v) is 10.8. The van der Waals surface area contributed by atoms with Crippen LogP contribution in [0.5, 0.6) is 0 Å². The Balaban J connectivity index is 1.67. The van der Waals surface area contributed by atoms with Gasteiger partial charge in [0.2, 0.25) is 0 Å². The summed E-state index contributed by atoms with van der Waals surface area (Å²) in [5, 5.41) is 4.91. The molecule has 0 spiro atoms. The van der Waals surface area contributed by atoms with Crippen molar-refractivity contribution in [2.75, 3.05) is 6.61 Å². The average molecular weight is 511 g/mol. The molecule has 0 bridgehead atoms. The maximum Gasteiger partial charge on any atom is 0.378 e. The lowest BCUT2D eigenvalue weighted by atomic mass is 10.1. The van der Waals surface area contributed by atoms with Crippen molar-refractivity contribution in [3.63, 3.8) is 0 Å². The molecule has 32 heavy (non-hydrogen) atoms. The summed E-state index contributed by atoms with van der Waals surface area (Å²) in [5.41, 5.74) is 2.79. The smallest absolute Gasteiger partial charge is 0.378 e. The predicted octanol–water partition coefficient (Wildman–Crippen LogP) is 5.70. The Bertz CT molecular complexity index is 1290. The van der Waals surface area contributed by atoms with Gasteiger partial charge in [0.25, 0.3) is 5.82 Å². The van der Waals surface area contributed by atoms with E-state index >= 15 is 0 Å². The molecule has 4 rings (SSSR count). The standard InChI is InChI=1S/C24H17BrClN3O3/c1-15-7-12-19(26)13-20(15)29-23(17-8-10-18(25)11-9-17)27-22(28-29)24(31)32-14-21(30)16-5-3-2-4-6-16/h2-13H,14H2,1H3. The van der Waals surface area contributed by atoms with Crippen molar-refractivity contribution in [1.82, 2.24) is 14.8 Å². The lowest BCUT2D eigenvalue weighted by Crippen LogP contribution is -2.15. The zero-order chi connectivity index (χ0) is 22.7. The van der Waals surface area contributed by atoms with Gasteiger partial charge in [0, 0.05) is 20.6 Å². The highest BCUT2D eigenvalue weighted by atomic mass is 79.9. The number of Topliss-reactive ketones (excluding diaryl/α,β-unsaturated/α-hetero) is 1. The Kier molecular flexibility index (Phi) is 6.48. The molecule has 0 radical (unpaired) electrons. The fraction of sp³-hybridized carbons (Fsp3) is 0.0833. The number of rotatable bonds is 6. The van der Waals surface area contributed by atoms with Crippen LogP contribution in [0.2, 0.25) is 5.02 Å². The van der Waals surface area contributed by atoms with Crippen LogP contribution in [0, 0.1) is 6.92 Å². The molecule has 1 heterocycles. The molecule has 0 unspecified atom stereocenters. The molecule has 0 aliphatic carbocycles. The number of benzene rings is 3. The number of carbonyl (C=O) groups excluding carboxylic acids is 2. The van der Waals surface area contributed by atoms with Crippen molar-refractivity contribution in [3.8, 4) is 17.1 Å². The van der Waals surface area contributed by atoms with E-state index in [1.807, 2.05) is 37.3 Å². The van der Waals surface area contributed by atoms with E-state index < -0.39 is 12.6 Å². The highest BCUT2D eigenvalue weighted by Crippen LogP contribution is 2.26. The van der Waals surface area contributed by atoms with Crippen LogP contribution in [0.15, 0.2) is 77.3 Å². The molecular weight excluding hydrogens is 494 g/mol. The molecular formula is C24H17BrClN3O3. The number of nitrogens with zero attached hydrogens (tertiary/aromatic N) is 3. The van der Waals surface area contributed by atoms with Gasteiger partial charge in [-0.15, -0.1) is 5.10 Å². The van der Waals surface area contributed by atoms with Crippen molar-refractivity contribution in [3.05, 3.63) is 99.2 Å². The Morgan fingerprint density at radius 3 is 2.47 bits per heavy atom. The number of esters is 1. The number of aromatic nitrogens is 3. The monoisotopic (exact) mass is 509 g/mol. The first-order valence-electron chi connectivity index (χ1n) is 9.67. The summed E-state index contributed by atoms with van der Waals surface area (Å²) >= 11 is 9.62. The summed E-state index contributed by atoms with van der Waals surface area (Å²) < 4.78 is 7.66. The Labute approximate surface area is 197 Å². The molecule has 0 atom stereocenters. The second-order valence-electron chi connectivity index (χ2n) is 6.97. The highest BCUT2D eigenvalue weighted by Gasteiger charge is 2.22. The molecule has 0 N–H and O–H groups in total. The van der Waals surface area contributed by atoms with E-state index in [2.05, 4.69) is 26.0 Å². The van der Waals surface area contributed by atoms with Crippen LogP contribution in [0.3, 0.4) is 0 Å². The van der Waals surface area contributed by atoms with Gasteiger partial charge in [-0.05, 0) is 36.8 Å². The fourth-order valence-electron chi connectivity index (χ4n) is 3.07. The number of carbonyl (C=O) groups is 2. The Morgan fingerprint density at radius 1 is 1.03 bits per heavy atom. The highest BCUT2D eigenvalue weighted by molar-refractivity contribution is 9.10. The normalized spacial score (nSPS) is 10.7. The van der Waals surface area contributed by atoms with E-state index in [0.717, 1.165) is 15.6 Å². The SMILES string of the molecule is Cc1ccc(Cl)cc1-n1nc(C(=O)OCC(=O)c2ccccc2)nc1-c1ccc(Br)cc1. The third-order valence-corrected chi connectivity index (χ3v) is 5.49. The van der Waals surface area contributed by atoms with Gasteiger partial charge in [-0.3, -0.25) is 4.79 Å². The number of hydrogen-bond acceptors (Lipinski definition) is 5. The maximum atomic E-state index is 12.7. The summed E-state index contributed by atoms with van der Waals surface area (Å²) in [6, 6.07) is 21.5. The lowest BCUT2D eigenvalue weighted by molar-refractivity contribution is 0.0462. The van der Waals surface area contributed by atoms with Gasteiger partial charge in [-0.1, -0.05) is 76.1 Å². The number of hydrogen-bond donors (Lipinski definition) is 0. The summed E-state index contributed by atoms with van der Waals surface area (Å²) in [6.45, 7) is 1.51. The molecule has 0 saturated carbocycles. The van der Waals surface area contributed by atoms with Crippen molar-refractivity contribution in [2.24, 2.45) is 0 Å². The van der Waals surface area contributed by atoms with E-state index in [0.29, 0.717) is 22.1 Å². The van der Waals surface area contributed by atoms with E-state index in [9.17, 15) is 9.59 Å². The molecule has 1 aromatic heterocycles. The minimum absolute atomic E-state index is 0.150. The molecule has 3 aromatic carbocycles. The van der Waals surface area contributed by atoms with Gasteiger partial charge in [-0.25, -0.2) is 14.5 Å². The fourth-order valence-corrected chi connectivity index (χ4v) is 3.50. The van der Waals surface area contributed by atoms with Crippen molar-refractivity contribution in [2.45, 2.75) is 6.92 Å². The molecule has 0 aliphatic heterocycles. The zero-order valence-corrected chi connectivity index (χ0v) is 19.3. The van der Waals surface area contributed by atoms with Crippen LogP contribution < -0.4 is 0 Å². The largest absolute Gasteiger partial charge is 0.451 e. The van der Waals surface area contributed by atoms with Crippen LogP contribution in [0.1, 0.15) is 26.5 Å². The molecule has 0 saturated heterocycles. The molecule has 0 amide bonds. The van der Waals surface area contributed by atoms with E-state index in [1.165, 1.54) is 0 Å². The summed E-state index contributed by atoms with van der Waals surface area (Å²) in [7, 11) is 0. The lowest BCUT2D eigenvalue weighted by Gasteiger charge is -2.09. The summed E-state index contributed by atoms with van der Waals surface area (Å²) in [4.78, 5) is 29.4. The van der Waals surface area contributed by atoms with E-state index in [4.69, 9.17) is 16.3 Å². The van der Waals surface area contributed by atoms with Gasteiger partial charge >= 0.3 is 5.97 Å². The Hall–Kier alpha value is -3.29. The van der Waals surface area contributed by atoms with Crippen LogP contribution in [0.4, 0.5) is 0 Å². The number of halogens is 2. The topological polar surface area (TPSA) is 74.1 Å². The second kappa shape index (κ2) is 9.46. The van der Waals surface area contributed by atoms with E-state index in [1.54, 1.807) is 47.1 Å². The van der Waals surface area contributed by atoms with Crippen LogP contribution in [-0.2, 0) is 4.74 Å². The van der Waals surface area contributed by atoms with Crippen molar-refractivity contribution < 1.29 is 14.3 Å². The number of aryl methyl sites for hydroxylation is 1. The summed E-state index contributed by atoms with van der Waals surface area (Å²) in [5.74, 6) is -0.796. The molecule has 160 valence electrons. The Morgan fingerprint density at radius 2 is 1.75 bits per heavy atom. The first kappa shape index (κ1) is 21.9. The molecule has 6 nitrogen and oxygen atoms in total. The molecule has 4 aromatic rings. The van der Waals surface area contributed by atoms with Gasteiger partial charge in [-0.2, -0.15) is 0 Å². The zero-order valence-electron chi connectivity index (χ0n) is 17.0. The van der Waals surface area contributed by atoms with E-state index in [-0.39, 0.29) is 11.6 Å². The van der Waals surface area contributed by atoms with Gasteiger partial charge < -0.3 is 4.74 Å². The third-order valence-electron chi connectivity index (χ3n) is 4.72. The van der Waals surface area contributed by atoms with Gasteiger partial charge in [0.15, 0.2) is 18.2 Å². The van der Waals surface area contributed by atoms with Crippen molar-refractivity contribution >= 4 is 39.3 Å². The first-order chi connectivity index (χ1) is 15.4. The quantitative estimate of drug-likeness (QED) is 0.246. The molecule has 8 heteroatoms. The van der Waals surface area contributed by atoms with Crippen LogP contribution in [-0.4, -0.2) is 33.1 Å².